The maximum atomic E-state index is 12.6. The highest BCUT2D eigenvalue weighted by molar-refractivity contribution is 7.18. The highest BCUT2D eigenvalue weighted by Crippen LogP contribution is 2.28. The van der Waals surface area contributed by atoms with Gasteiger partial charge >= 0.3 is 0 Å². The lowest BCUT2D eigenvalue weighted by Crippen LogP contribution is -2.32. The number of anilines is 1. The summed E-state index contributed by atoms with van der Waals surface area (Å²) in [5, 5.41) is 12.2. The summed E-state index contributed by atoms with van der Waals surface area (Å²) in [5.74, 6) is 1.21. The molecule has 0 aliphatic heterocycles. The molecule has 7 heteroatoms. The standard InChI is InChI=1S/C21H23N3O3S/c1-4-14-6-10-17(11-7-14)27-18(5-2)19(25)22-21-24-23-20(28-21)15-8-12-16(26-3)13-9-15/h6-13,18H,4-5H2,1-3H3,(H,22,24,25)/t18-/m1/s1. The minimum Gasteiger partial charge on any atom is -0.497 e. The average molecular weight is 398 g/mol. The van der Waals surface area contributed by atoms with E-state index in [1.54, 1.807) is 7.11 Å². The van der Waals surface area contributed by atoms with Crippen molar-refractivity contribution >= 4 is 22.4 Å². The molecule has 2 aromatic carbocycles. The zero-order chi connectivity index (χ0) is 19.9. The van der Waals surface area contributed by atoms with Crippen LogP contribution in [0.3, 0.4) is 0 Å². The molecule has 0 radical (unpaired) electrons. The second kappa shape index (κ2) is 9.32. The van der Waals surface area contributed by atoms with E-state index < -0.39 is 6.10 Å². The number of nitrogens with one attached hydrogen (secondary N) is 1. The summed E-state index contributed by atoms with van der Waals surface area (Å²) >= 11 is 1.32. The van der Waals surface area contributed by atoms with Gasteiger partial charge in [-0.2, -0.15) is 0 Å². The van der Waals surface area contributed by atoms with Crippen LogP contribution in [0.25, 0.3) is 10.6 Å². The van der Waals surface area contributed by atoms with E-state index in [0.29, 0.717) is 17.3 Å². The van der Waals surface area contributed by atoms with Crippen LogP contribution in [0, 0.1) is 0 Å². The van der Waals surface area contributed by atoms with Crippen molar-refractivity contribution in [1.82, 2.24) is 10.2 Å². The quantitative estimate of drug-likeness (QED) is 0.603. The monoisotopic (exact) mass is 397 g/mol. The maximum absolute atomic E-state index is 12.6. The molecule has 3 aromatic rings. The van der Waals surface area contributed by atoms with Crippen molar-refractivity contribution in [3.8, 4) is 22.1 Å². The van der Waals surface area contributed by atoms with Crippen LogP contribution in [0.4, 0.5) is 5.13 Å². The van der Waals surface area contributed by atoms with Crippen molar-refractivity contribution in [3.63, 3.8) is 0 Å². The minimum absolute atomic E-state index is 0.237. The van der Waals surface area contributed by atoms with Crippen molar-refractivity contribution in [1.29, 1.82) is 0 Å². The first kappa shape index (κ1) is 19.8. The largest absolute Gasteiger partial charge is 0.497 e. The van der Waals surface area contributed by atoms with Crippen LogP contribution in [-0.4, -0.2) is 29.3 Å². The normalized spacial score (nSPS) is 11.7. The van der Waals surface area contributed by atoms with E-state index in [0.717, 1.165) is 22.7 Å². The summed E-state index contributed by atoms with van der Waals surface area (Å²) in [6.07, 6.45) is 0.914. The number of nitrogens with zero attached hydrogens (tertiary/aromatic N) is 2. The van der Waals surface area contributed by atoms with E-state index in [1.807, 2.05) is 55.5 Å². The highest BCUT2D eigenvalue weighted by atomic mass is 32.1. The van der Waals surface area contributed by atoms with Crippen molar-refractivity contribution in [2.45, 2.75) is 32.8 Å². The second-order valence-electron chi connectivity index (χ2n) is 6.14. The van der Waals surface area contributed by atoms with Crippen LogP contribution in [0.1, 0.15) is 25.8 Å². The molecule has 146 valence electrons. The molecule has 3 rings (SSSR count). The first-order valence-corrected chi connectivity index (χ1v) is 9.99. The number of hydrogen-bond acceptors (Lipinski definition) is 6. The van der Waals surface area contributed by atoms with E-state index in [-0.39, 0.29) is 5.91 Å². The van der Waals surface area contributed by atoms with Gasteiger partial charge < -0.3 is 9.47 Å². The number of aromatic nitrogens is 2. The molecule has 0 saturated carbocycles. The van der Waals surface area contributed by atoms with E-state index in [1.165, 1.54) is 16.9 Å². The topological polar surface area (TPSA) is 73.3 Å². The fraction of sp³-hybridized carbons (Fsp3) is 0.286. The Kier molecular flexibility index (Phi) is 6.60. The Morgan fingerprint density at radius 3 is 2.32 bits per heavy atom. The number of carbonyl (C=O) groups excluding carboxylic acids is 1. The van der Waals surface area contributed by atoms with Gasteiger partial charge in [0.1, 0.15) is 16.5 Å². The lowest BCUT2D eigenvalue weighted by atomic mass is 10.2. The lowest BCUT2D eigenvalue weighted by molar-refractivity contribution is -0.122. The van der Waals surface area contributed by atoms with Gasteiger partial charge in [-0.1, -0.05) is 37.3 Å². The summed E-state index contributed by atoms with van der Waals surface area (Å²) in [7, 11) is 1.62. The second-order valence-corrected chi connectivity index (χ2v) is 7.12. The summed E-state index contributed by atoms with van der Waals surface area (Å²) < 4.78 is 11.0. The molecule has 1 aromatic heterocycles. The molecule has 0 fully saturated rings. The Hall–Kier alpha value is -2.93. The zero-order valence-corrected chi connectivity index (χ0v) is 17.0. The number of carbonyl (C=O) groups is 1. The average Bonchev–Trinajstić information content (AvgIpc) is 3.20. The van der Waals surface area contributed by atoms with Gasteiger partial charge in [0.25, 0.3) is 5.91 Å². The summed E-state index contributed by atoms with van der Waals surface area (Å²) in [6.45, 7) is 4.01. The summed E-state index contributed by atoms with van der Waals surface area (Å²) in [6, 6.07) is 15.3. The molecule has 6 nitrogen and oxygen atoms in total. The molecule has 0 spiro atoms. The van der Waals surface area contributed by atoms with Gasteiger partial charge in [-0.25, -0.2) is 0 Å². The molecule has 28 heavy (non-hydrogen) atoms. The van der Waals surface area contributed by atoms with Crippen molar-refractivity contribution in [3.05, 3.63) is 54.1 Å². The summed E-state index contributed by atoms with van der Waals surface area (Å²) in [5.41, 5.74) is 2.14. The van der Waals surface area contributed by atoms with Crippen LogP contribution in [-0.2, 0) is 11.2 Å². The Bertz CT molecular complexity index is 907. The molecular weight excluding hydrogens is 374 g/mol. The number of methoxy groups -OCH3 is 1. The molecule has 1 N–H and O–H groups in total. The number of amides is 1. The third-order valence-corrected chi connectivity index (χ3v) is 5.15. The van der Waals surface area contributed by atoms with E-state index >= 15 is 0 Å². The number of benzene rings is 2. The van der Waals surface area contributed by atoms with E-state index in [2.05, 4.69) is 22.4 Å². The van der Waals surface area contributed by atoms with Gasteiger partial charge in [0.15, 0.2) is 6.10 Å². The van der Waals surface area contributed by atoms with E-state index in [4.69, 9.17) is 9.47 Å². The van der Waals surface area contributed by atoms with Crippen LogP contribution < -0.4 is 14.8 Å². The smallest absolute Gasteiger partial charge is 0.267 e. The van der Waals surface area contributed by atoms with Crippen LogP contribution in [0.15, 0.2) is 48.5 Å². The van der Waals surface area contributed by atoms with Crippen molar-refractivity contribution in [2.24, 2.45) is 0 Å². The van der Waals surface area contributed by atoms with Gasteiger partial charge in [0.05, 0.1) is 7.11 Å². The van der Waals surface area contributed by atoms with Crippen LogP contribution in [0.5, 0.6) is 11.5 Å². The first-order valence-electron chi connectivity index (χ1n) is 9.17. The number of rotatable bonds is 8. The molecule has 0 unspecified atom stereocenters. The van der Waals surface area contributed by atoms with Crippen LogP contribution in [0.2, 0.25) is 0 Å². The molecule has 1 amide bonds. The van der Waals surface area contributed by atoms with Gasteiger partial charge in [0, 0.05) is 5.56 Å². The molecule has 1 atom stereocenters. The molecule has 0 aliphatic carbocycles. The van der Waals surface area contributed by atoms with Gasteiger partial charge in [-0.05, 0) is 54.8 Å². The number of hydrogen-bond donors (Lipinski definition) is 1. The lowest BCUT2D eigenvalue weighted by Gasteiger charge is -2.16. The third kappa shape index (κ3) is 4.86. The highest BCUT2D eigenvalue weighted by Gasteiger charge is 2.20. The van der Waals surface area contributed by atoms with Crippen molar-refractivity contribution < 1.29 is 14.3 Å². The van der Waals surface area contributed by atoms with Gasteiger partial charge in [0.2, 0.25) is 5.13 Å². The first-order chi connectivity index (χ1) is 13.6. The predicted octanol–water partition coefficient (Wildman–Crippen LogP) is 4.57. The predicted molar refractivity (Wildman–Crippen MR) is 111 cm³/mol. The zero-order valence-electron chi connectivity index (χ0n) is 16.1. The Balaban J connectivity index is 1.64. The molecule has 0 bridgehead atoms. The van der Waals surface area contributed by atoms with Crippen molar-refractivity contribution in [2.75, 3.05) is 12.4 Å². The number of ether oxygens (including phenoxy) is 2. The van der Waals surface area contributed by atoms with Gasteiger partial charge in [-0.15, -0.1) is 10.2 Å². The molecular formula is C21H23N3O3S. The molecule has 0 aliphatic rings. The number of aryl methyl sites for hydroxylation is 1. The Labute approximate surface area is 168 Å². The Morgan fingerprint density at radius 1 is 1.04 bits per heavy atom. The third-order valence-electron chi connectivity index (χ3n) is 4.27. The van der Waals surface area contributed by atoms with E-state index in [9.17, 15) is 4.79 Å². The summed E-state index contributed by atoms with van der Waals surface area (Å²) in [4.78, 5) is 12.6. The van der Waals surface area contributed by atoms with Gasteiger partial charge in [-0.3, -0.25) is 10.1 Å². The fourth-order valence-electron chi connectivity index (χ4n) is 2.60. The Morgan fingerprint density at radius 2 is 1.71 bits per heavy atom. The SMILES string of the molecule is CCc1ccc(O[C@H](CC)C(=O)Nc2nnc(-c3ccc(OC)cc3)s2)cc1. The van der Waals surface area contributed by atoms with Crippen LogP contribution >= 0.6 is 11.3 Å². The molecule has 0 saturated heterocycles. The minimum atomic E-state index is -0.596. The fourth-order valence-corrected chi connectivity index (χ4v) is 3.35. The molecule has 1 heterocycles. The maximum Gasteiger partial charge on any atom is 0.267 e.